The summed E-state index contributed by atoms with van der Waals surface area (Å²) in [5.41, 5.74) is 2.07. The van der Waals surface area contributed by atoms with Crippen LogP contribution in [-0.2, 0) is 11.3 Å². The Kier molecular flexibility index (Phi) is 4.75. The molecule has 5 nitrogen and oxygen atoms in total. The van der Waals surface area contributed by atoms with Gasteiger partial charge in [-0.3, -0.25) is 10.1 Å². The second-order valence-corrected chi connectivity index (χ2v) is 4.46. The lowest BCUT2D eigenvalue weighted by Gasteiger charge is -2.08. The summed E-state index contributed by atoms with van der Waals surface area (Å²) in [6.45, 7) is 3.88. The standard InChI is InChI=1S/C15H18N4O/c1-3-8-16-11-15(20)17-9-10-19-12(2)18-13-6-4-5-7-14(13)19/h1,4-7,16H,8-11H2,2H3,(H,17,20). The fourth-order valence-corrected chi connectivity index (χ4v) is 2.10. The lowest BCUT2D eigenvalue weighted by atomic mass is 10.3. The number of benzene rings is 1. The van der Waals surface area contributed by atoms with Crippen molar-refractivity contribution in [1.82, 2.24) is 20.2 Å². The molecule has 104 valence electrons. The maximum absolute atomic E-state index is 11.5. The highest BCUT2D eigenvalue weighted by molar-refractivity contribution is 5.78. The summed E-state index contributed by atoms with van der Waals surface area (Å²) in [6.07, 6.45) is 5.09. The molecule has 0 aliphatic carbocycles. The van der Waals surface area contributed by atoms with Crippen molar-refractivity contribution in [3.8, 4) is 12.3 Å². The molecular weight excluding hydrogens is 252 g/mol. The number of rotatable bonds is 6. The first-order valence-electron chi connectivity index (χ1n) is 6.55. The maximum atomic E-state index is 11.5. The minimum Gasteiger partial charge on any atom is -0.353 e. The van der Waals surface area contributed by atoms with Crippen molar-refractivity contribution in [3.05, 3.63) is 30.1 Å². The summed E-state index contributed by atoms with van der Waals surface area (Å²) < 4.78 is 2.10. The Morgan fingerprint density at radius 2 is 2.25 bits per heavy atom. The van der Waals surface area contributed by atoms with Crippen LogP contribution in [0.4, 0.5) is 0 Å². The summed E-state index contributed by atoms with van der Waals surface area (Å²) in [6, 6.07) is 7.98. The van der Waals surface area contributed by atoms with Crippen molar-refractivity contribution in [2.45, 2.75) is 13.5 Å². The SMILES string of the molecule is C#CCNCC(=O)NCCn1c(C)nc2ccccc21. The number of carbonyl (C=O) groups is 1. The number of amides is 1. The predicted octanol–water partition coefficient (Wildman–Crippen LogP) is 0.684. The Labute approximate surface area is 118 Å². The number of hydrogen-bond acceptors (Lipinski definition) is 3. The minimum atomic E-state index is -0.0534. The number of aryl methyl sites for hydroxylation is 1. The molecule has 2 aromatic rings. The smallest absolute Gasteiger partial charge is 0.234 e. The van der Waals surface area contributed by atoms with Crippen LogP contribution < -0.4 is 10.6 Å². The number of hydrogen-bond donors (Lipinski definition) is 2. The molecule has 0 aliphatic rings. The number of carbonyl (C=O) groups excluding carboxylic acids is 1. The number of nitrogens with one attached hydrogen (secondary N) is 2. The van der Waals surface area contributed by atoms with E-state index in [1.807, 2.05) is 31.2 Å². The molecule has 1 aromatic carbocycles. The van der Waals surface area contributed by atoms with Crippen molar-refractivity contribution in [3.63, 3.8) is 0 Å². The van der Waals surface area contributed by atoms with Gasteiger partial charge in [-0.05, 0) is 19.1 Å². The van der Waals surface area contributed by atoms with Crippen molar-refractivity contribution >= 4 is 16.9 Å². The number of para-hydroxylation sites is 2. The van der Waals surface area contributed by atoms with Gasteiger partial charge in [0.2, 0.25) is 5.91 Å². The second kappa shape index (κ2) is 6.73. The Morgan fingerprint density at radius 3 is 3.05 bits per heavy atom. The van der Waals surface area contributed by atoms with E-state index in [1.165, 1.54) is 0 Å². The number of nitrogens with zero attached hydrogens (tertiary/aromatic N) is 2. The van der Waals surface area contributed by atoms with Gasteiger partial charge in [0.25, 0.3) is 0 Å². The van der Waals surface area contributed by atoms with Crippen LogP contribution in [0.1, 0.15) is 5.82 Å². The van der Waals surface area contributed by atoms with Gasteiger partial charge in [-0.2, -0.15) is 0 Å². The molecule has 0 saturated heterocycles. The molecule has 2 rings (SSSR count). The monoisotopic (exact) mass is 270 g/mol. The van der Waals surface area contributed by atoms with Crippen molar-refractivity contribution in [2.75, 3.05) is 19.6 Å². The summed E-state index contributed by atoms with van der Waals surface area (Å²) in [4.78, 5) is 16.0. The summed E-state index contributed by atoms with van der Waals surface area (Å²) in [5.74, 6) is 3.32. The number of fused-ring (bicyclic) bond motifs is 1. The molecule has 0 atom stereocenters. The highest BCUT2D eigenvalue weighted by Crippen LogP contribution is 2.14. The van der Waals surface area contributed by atoms with Crippen LogP contribution >= 0.6 is 0 Å². The van der Waals surface area contributed by atoms with Crippen LogP contribution in [-0.4, -0.2) is 35.1 Å². The molecule has 0 unspecified atom stereocenters. The zero-order chi connectivity index (χ0) is 14.4. The minimum absolute atomic E-state index is 0.0534. The highest BCUT2D eigenvalue weighted by Gasteiger charge is 2.06. The van der Waals surface area contributed by atoms with Crippen LogP contribution in [0.3, 0.4) is 0 Å². The molecule has 1 aromatic heterocycles. The Bertz CT molecular complexity index is 639. The number of aromatic nitrogens is 2. The molecule has 0 radical (unpaired) electrons. The largest absolute Gasteiger partial charge is 0.353 e. The van der Waals surface area contributed by atoms with E-state index in [4.69, 9.17) is 6.42 Å². The van der Waals surface area contributed by atoms with E-state index < -0.39 is 0 Å². The first-order valence-corrected chi connectivity index (χ1v) is 6.55. The van der Waals surface area contributed by atoms with Gasteiger partial charge < -0.3 is 9.88 Å². The van der Waals surface area contributed by atoms with E-state index >= 15 is 0 Å². The van der Waals surface area contributed by atoms with Crippen molar-refractivity contribution < 1.29 is 4.79 Å². The first-order chi connectivity index (χ1) is 9.72. The Balaban J connectivity index is 1.89. The normalized spacial score (nSPS) is 10.4. The molecule has 2 N–H and O–H groups in total. The molecular formula is C15H18N4O. The molecule has 0 bridgehead atoms. The van der Waals surface area contributed by atoms with E-state index in [0.717, 1.165) is 16.9 Å². The third-order valence-corrected chi connectivity index (χ3v) is 3.02. The highest BCUT2D eigenvalue weighted by atomic mass is 16.1. The van der Waals surface area contributed by atoms with Crippen LogP contribution in [0.5, 0.6) is 0 Å². The van der Waals surface area contributed by atoms with Crippen LogP contribution in [0.15, 0.2) is 24.3 Å². The van der Waals surface area contributed by atoms with Crippen molar-refractivity contribution in [2.24, 2.45) is 0 Å². The Morgan fingerprint density at radius 1 is 1.45 bits per heavy atom. The summed E-state index contributed by atoms with van der Waals surface area (Å²) in [7, 11) is 0. The predicted molar refractivity (Wildman–Crippen MR) is 79.2 cm³/mol. The molecule has 5 heteroatoms. The topological polar surface area (TPSA) is 59.0 Å². The number of imidazole rings is 1. The first kappa shape index (κ1) is 14.1. The van der Waals surface area contributed by atoms with E-state index in [-0.39, 0.29) is 12.5 Å². The second-order valence-electron chi connectivity index (χ2n) is 4.46. The zero-order valence-corrected chi connectivity index (χ0v) is 11.5. The fourth-order valence-electron chi connectivity index (χ4n) is 2.10. The average molecular weight is 270 g/mol. The van der Waals surface area contributed by atoms with E-state index in [0.29, 0.717) is 19.6 Å². The van der Waals surface area contributed by atoms with Gasteiger partial charge in [-0.25, -0.2) is 4.98 Å². The zero-order valence-electron chi connectivity index (χ0n) is 11.5. The molecule has 0 spiro atoms. The third-order valence-electron chi connectivity index (χ3n) is 3.02. The van der Waals surface area contributed by atoms with E-state index in [9.17, 15) is 4.79 Å². The van der Waals surface area contributed by atoms with E-state index in [2.05, 4.69) is 26.1 Å². The van der Waals surface area contributed by atoms with Crippen molar-refractivity contribution in [1.29, 1.82) is 0 Å². The van der Waals surface area contributed by atoms with Gasteiger partial charge in [0, 0.05) is 13.1 Å². The lowest BCUT2D eigenvalue weighted by Crippen LogP contribution is -2.35. The summed E-state index contributed by atoms with van der Waals surface area (Å²) >= 11 is 0. The van der Waals surface area contributed by atoms with Gasteiger partial charge in [0.1, 0.15) is 5.82 Å². The van der Waals surface area contributed by atoms with Crippen LogP contribution in [0.2, 0.25) is 0 Å². The molecule has 1 amide bonds. The molecule has 0 aliphatic heterocycles. The van der Waals surface area contributed by atoms with Crippen LogP contribution in [0.25, 0.3) is 11.0 Å². The molecule has 20 heavy (non-hydrogen) atoms. The van der Waals surface area contributed by atoms with Gasteiger partial charge in [0.15, 0.2) is 0 Å². The molecule has 0 saturated carbocycles. The summed E-state index contributed by atoms with van der Waals surface area (Å²) in [5, 5.41) is 5.71. The van der Waals surface area contributed by atoms with Gasteiger partial charge in [0.05, 0.1) is 24.1 Å². The Hall–Kier alpha value is -2.32. The third kappa shape index (κ3) is 3.37. The van der Waals surface area contributed by atoms with Gasteiger partial charge in [-0.15, -0.1) is 6.42 Å². The van der Waals surface area contributed by atoms with E-state index in [1.54, 1.807) is 0 Å². The fraction of sp³-hybridized carbons (Fsp3) is 0.333. The van der Waals surface area contributed by atoms with Gasteiger partial charge >= 0.3 is 0 Å². The molecule has 0 fully saturated rings. The van der Waals surface area contributed by atoms with Crippen LogP contribution in [0, 0.1) is 19.3 Å². The van der Waals surface area contributed by atoms with Gasteiger partial charge in [-0.1, -0.05) is 18.1 Å². The molecule has 1 heterocycles. The quantitative estimate of drug-likeness (QED) is 0.599. The maximum Gasteiger partial charge on any atom is 0.234 e. The average Bonchev–Trinajstić information content (AvgIpc) is 2.75. The lowest BCUT2D eigenvalue weighted by molar-refractivity contribution is -0.120. The number of terminal acetylenes is 1.